The molecule has 1 fully saturated rings. The number of nitrogens with one attached hydrogen (secondary N) is 1. The second kappa shape index (κ2) is 5.05. The van der Waals surface area contributed by atoms with Gasteiger partial charge in [-0.05, 0) is 25.0 Å². The zero-order chi connectivity index (χ0) is 13.2. The number of rotatable bonds is 5. The van der Waals surface area contributed by atoms with Crippen molar-refractivity contribution in [1.82, 2.24) is 15.5 Å². The van der Waals surface area contributed by atoms with E-state index in [0.717, 1.165) is 12.6 Å². The number of halogens is 2. The summed E-state index contributed by atoms with van der Waals surface area (Å²) in [7, 11) is 0. The minimum absolute atomic E-state index is 0.00565. The largest absolute Gasteiger partial charge is 0.421 e. The molecule has 1 saturated carbocycles. The molecule has 0 amide bonds. The van der Waals surface area contributed by atoms with Crippen LogP contribution in [0.15, 0.2) is 22.6 Å². The molecule has 1 aromatic carbocycles. The molecule has 0 saturated heterocycles. The van der Waals surface area contributed by atoms with E-state index in [-0.39, 0.29) is 11.5 Å². The summed E-state index contributed by atoms with van der Waals surface area (Å²) < 4.78 is 32.0. The highest BCUT2D eigenvalue weighted by atomic mass is 19.2. The Bertz CT molecular complexity index is 581. The molecule has 1 aromatic heterocycles. The molecule has 0 spiro atoms. The first-order chi connectivity index (χ1) is 9.24. The van der Waals surface area contributed by atoms with E-state index in [1.54, 1.807) is 0 Å². The van der Waals surface area contributed by atoms with Crippen LogP contribution >= 0.6 is 0 Å². The maximum atomic E-state index is 13.5. The molecule has 0 radical (unpaired) electrons. The average molecular weight is 265 g/mol. The lowest BCUT2D eigenvalue weighted by molar-refractivity contribution is 0.480. The summed E-state index contributed by atoms with van der Waals surface area (Å²) >= 11 is 0. The zero-order valence-electron chi connectivity index (χ0n) is 10.2. The van der Waals surface area contributed by atoms with Gasteiger partial charge in [0.2, 0.25) is 5.89 Å². The Morgan fingerprint density at radius 3 is 2.89 bits per heavy atom. The summed E-state index contributed by atoms with van der Waals surface area (Å²) in [6.45, 7) is 0.748. The van der Waals surface area contributed by atoms with Gasteiger partial charge < -0.3 is 9.73 Å². The summed E-state index contributed by atoms with van der Waals surface area (Å²) in [6.07, 6.45) is 3.01. The van der Waals surface area contributed by atoms with Crippen molar-refractivity contribution in [3.8, 4) is 11.5 Å². The van der Waals surface area contributed by atoms with Crippen molar-refractivity contribution in [3.05, 3.63) is 35.7 Å². The van der Waals surface area contributed by atoms with Crippen molar-refractivity contribution in [2.24, 2.45) is 0 Å². The first kappa shape index (κ1) is 12.2. The summed E-state index contributed by atoms with van der Waals surface area (Å²) in [5, 5.41) is 10.9. The van der Waals surface area contributed by atoms with Crippen LogP contribution in [0.1, 0.15) is 18.7 Å². The van der Waals surface area contributed by atoms with Gasteiger partial charge in [-0.25, -0.2) is 8.78 Å². The van der Waals surface area contributed by atoms with Gasteiger partial charge in [-0.3, -0.25) is 0 Å². The number of hydrogen-bond donors (Lipinski definition) is 1. The van der Waals surface area contributed by atoms with Gasteiger partial charge in [-0.15, -0.1) is 10.2 Å². The molecule has 1 aliphatic rings. The molecule has 4 nitrogen and oxygen atoms in total. The van der Waals surface area contributed by atoms with E-state index in [2.05, 4.69) is 15.5 Å². The Morgan fingerprint density at radius 2 is 2.11 bits per heavy atom. The van der Waals surface area contributed by atoms with Crippen LogP contribution < -0.4 is 5.32 Å². The fourth-order valence-corrected chi connectivity index (χ4v) is 1.80. The second-order valence-corrected chi connectivity index (χ2v) is 4.58. The molecule has 0 unspecified atom stereocenters. The third-order valence-corrected chi connectivity index (χ3v) is 3.00. The molecule has 19 heavy (non-hydrogen) atoms. The quantitative estimate of drug-likeness (QED) is 0.901. The minimum Gasteiger partial charge on any atom is -0.421 e. The maximum absolute atomic E-state index is 13.5. The molecular weight excluding hydrogens is 252 g/mol. The van der Waals surface area contributed by atoms with E-state index in [9.17, 15) is 8.78 Å². The van der Waals surface area contributed by atoms with E-state index < -0.39 is 11.6 Å². The Kier molecular flexibility index (Phi) is 3.25. The van der Waals surface area contributed by atoms with E-state index in [1.165, 1.54) is 25.0 Å². The van der Waals surface area contributed by atoms with Crippen molar-refractivity contribution in [2.75, 3.05) is 6.54 Å². The predicted octanol–water partition coefficient (Wildman–Crippen LogP) is 2.31. The molecule has 1 heterocycles. The normalized spacial score (nSPS) is 14.8. The van der Waals surface area contributed by atoms with Crippen LogP contribution in [0.5, 0.6) is 0 Å². The monoisotopic (exact) mass is 265 g/mol. The van der Waals surface area contributed by atoms with Crippen LogP contribution in [-0.2, 0) is 6.42 Å². The summed E-state index contributed by atoms with van der Waals surface area (Å²) in [4.78, 5) is 0. The third kappa shape index (κ3) is 2.78. The first-order valence-electron chi connectivity index (χ1n) is 6.24. The van der Waals surface area contributed by atoms with E-state index >= 15 is 0 Å². The fraction of sp³-hybridized carbons (Fsp3) is 0.385. The Hall–Kier alpha value is -1.82. The smallest absolute Gasteiger partial charge is 0.250 e. The molecule has 6 heteroatoms. The lowest BCUT2D eigenvalue weighted by atomic mass is 10.2. The molecule has 2 aromatic rings. The average Bonchev–Trinajstić information content (AvgIpc) is 3.10. The summed E-state index contributed by atoms with van der Waals surface area (Å²) in [5.41, 5.74) is -0.00565. The van der Waals surface area contributed by atoms with Gasteiger partial charge in [0.15, 0.2) is 11.6 Å². The SMILES string of the molecule is Fc1cccc(-c2nnc(CCNC3CC3)o2)c1F. The summed E-state index contributed by atoms with van der Waals surface area (Å²) in [6, 6.07) is 4.49. The van der Waals surface area contributed by atoms with Crippen LogP contribution in [0, 0.1) is 11.6 Å². The number of benzene rings is 1. The molecule has 0 atom stereocenters. The number of hydrogen-bond acceptors (Lipinski definition) is 4. The fourth-order valence-electron chi connectivity index (χ4n) is 1.80. The van der Waals surface area contributed by atoms with Gasteiger partial charge >= 0.3 is 0 Å². The Balaban J connectivity index is 1.70. The standard InChI is InChI=1S/C13H13F2N3O/c14-10-3-1-2-9(12(10)15)13-18-17-11(19-13)6-7-16-8-4-5-8/h1-3,8,16H,4-7H2. The molecule has 0 bridgehead atoms. The summed E-state index contributed by atoms with van der Waals surface area (Å²) in [5.74, 6) is -1.45. The number of aromatic nitrogens is 2. The first-order valence-corrected chi connectivity index (χ1v) is 6.24. The van der Waals surface area contributed by atoms with Gasteiger partial charge in [0, 0.05) is 19.0 Å². The highest BCUT2D eigenvalue weighted by Gasteiger charge is 2.20. The Labute approximate surface area is 108 Å². The van der Waals surface area contributed by atoms with Crippen LogP contribution in [0.2, 0.25) is 0 Å². The maximum Gasteiger partial charge on any atom is 0.250 e. The molecule has 1 N–H and O–H groups in total. The lowest BCUT2D eigenvalue weighted by Crippen LogP contribution is -2.19. The highest BCUT2D eigenvalue weighted by Crippen LogP contribution is 2.23. The van der Waals surface area contributed by atoms with E-state index in [4.69, 9.17) is 4.42 Å². The molecule has 1 aliphatic carbocycles. The van der Waals surface area contributed by atoms with Crippen molar-refractivity contribution in [3.63, 3.8) is 0 Å². The topological polar surface area (TPSA) is 51.0 Å². The van der Waals surface area contributed by atoms with Gasteiger partial charge in [0.25, 0.3) is 5.89 Å². The van der Waals surface area contributed by atoms with Crippen LogP contribution in [0.25, 0.3) is 11.5 Å². The molecular formula is C13H13F2N3O. The van der Waals surface area contributed by atoms with Crippen LogP contribution in [0.3, 0.4) is 0 Å². The zero-order valence-corrected chi connectivity index (χ0v) is 10.2. The van der Waals surface area contributed by atoms with Gasteiger partial charge in [-0.1, -0.05) is 6.07 Å². The minimum atomic E-state index is -0.964. The van der Waals surface area contributed by atoms with Gasteiger partial charge in [-0.2, -0.15) is 0 Å². The lowest BCUT2D eigenvalue weighted by Gasteiger charge is -1.99. The molecule has 3 rings (SSSR count). The van der Waals surface area contributed by atoms with Crippen LogP contribution in [-0.4, -0.2) is 22.8 Å². The molecule has 100 valence electrons. The van der Waals surface area contributed by atoms with Crippen molar-refractivity contribution in [2.45, 2.75) is 25.3 Å². The van der Waals surface area contributed by atoms with Crippen LogP contribution in [0.4, 0.5) is 8.78 Å². The second-order valence-electron chi connectivity index (χ2n) is 4.58. The number of nitrogens with zero attached hydrogens (tertiary/aromatic N) is 2. The highest BCUT2D eigenvalue weighted by molar-refractivity contribution is 5.53. The van der Waals surface area contributed by atoms with Gasteiger partial charge in [0.05, 0.1) is 5.56 Å². The van der Waals surface area contributed by atoms with E-state index in [0.29, 0.717) is 18.4 Å². The molecule has 0 aliphatic heterocycles. The van der Waals surface area contributed by atoms with Crippen molar-refractivity contribution in [1.29, 1.82) is 0 Å². The Morgan fingerprint density at radius 1 is 1.26 bits per heavy atom. The van der Waals surface area contributed by atoms with Crippen molar-refractivity contribution >= 4 is 0 Å². The van der Waals surface area contributed by atoms with E-state index in [1.807, 2.05) is 0 Å². The third-order valence-electron chi connectivity index (χ3n) is 3.00. The van der Waals surface area contributed by atoms with Crippen molar-refractivity contribution < 1.29 is 13.2 Å². The predicted molar refractivity (Wildman–Crippen MR) is 64.4 cm³/mol. The van der Waals surface area contributed by atoms with Gasteiger partial charge in [0.1, 0.15) is 0 Å².